The van der Waals surface area contributed by atoms with Gasteiger partial charge in [-0.2, -0.15) is 26.3 Å². The molecule has 0 unspecified atom stereocenters. The topological polar surface area (TPSA) is 61.4 Å². The van der Waals surface area contributed by atoms with Gasteiger partial charge in [-0.15, -0.1) is 0 Å². The first-order valence-electron chi connectivity index (χ1n) is 7.36. The van der Waals surface area contributed by atoms with Crippen molar-refractivity contribution in [2.24, 2.45) is 0 Å². The summed E-state index contributed by atoms with van der Waals surface area (Å²) in [6.45, 7) is 1.61. The van der Waals surface area contributed by atoms with Crippen molar-refractivity contribution in [1.29, 1.82) is 0 Å². The van der Waals surface area contributed by atoms with Crippen LogP contribution in [0.2, 0.25) is 0 Å². The molecule has 0 saturated heterocycles. The summed E-state index contributed by atoms with van der Waals surface area (Å²) < 4.78 is 79.5. The number of anilines is 1. The SMILES string of the molecule is CCNC(=O)Nc1c(C(O)(C(F)(F)F)C(F)(F)F)ccc2ccccc12. The third kappa shape index (κ3) is 3.28. The minimum absolute atomic E-state index is 0.0804. The molecule has 0 saturated carbocycles. The first kappa shape index (κ1) is 19.8. The Labute approximate surface area is 143 Å². The van der Waals surface area contributed by atoms with Crippen LogP contribution >= 0.6 is 0 Å². The molecule has 2 aromatic carbocycles. The summed E-state index contributed by atoms with van der Waals surface area (Å²) in [6, 6.07) is 6.11. The normalized spacial score (nSPS) is 12.9. The van der Waals surface area contributed by atoms with Crippen molar-refractivity contribution in [3.8, 4) is 0 Å². The van der Waals surface area contributed by atoms with Gasteiger partial charge in [0.15, 0.2) is 0 Å². The van der Waals surface area contributed by atoms with Crippen molar-refractivity contribution in [3.05, 3.63) is 42.0 Å². The second-order valence-electron chi connectivity index (χ2n) is 5.40. The Morgan fingerprint density at radius 1 is 1.00 bits per heavy atom. The van der Waals surface area contributed by atoms with E-state index in [1.165, 1.54) is 31.2 Å². The van der Waals surface area contributed by atoms with Gasteiger partial charge in [0.2, 0.25) is 0 Å². The van der Waals surface area contributed by atoms with Crippen LogP contribution in [0.1, 0.15) is 12.5 Å². The van der Waals surface area contributed by atoms with Crippen molar-refractivity contribution < 1.29 is 36.2 Å². The average Bonchev–Trinajstić information content (AvgIpc) is 2.52. The zero-order valence-electron chi connectivity index (χ0n) is 13.3. The lowest BCUT2D eigenvalue weighted by molar-refractivity contribution is -0.375. The van der Waals surface area contributed by atoms with Gasteiger partial charge in [-0.1, -0.05) is 36.4 Å². The minimum Gasteiger partial charge on any atom is -0.369 e. The Bertz CT molecular complexity index is 802. The molecule has 2 aromatic rings. The number of carbonyl (C=O) groups is 1. The fraction of sp³-hybridized carbons (Fsp3) is 0.312. The first-order valence-corrected chi connectivity index (χ1v) is 7.36. The molecule has 2 amide bonds. The van der Waals surface area contributed by atoms with Crippen LogP contribution in [-0.4, -0.2) is 30.0 Å². The van der Waals surface area contributed by atoms with Gasteiger partial charge in [0.25, 0.3) is 5.60 Å². The van der Waals surface area contributed by atoms with Gasteiger partial charge in [0.1, 0.15) is 0 Å². The summed E-state index contributed by atoms with van der Waals surface area (Å²) in [6.07, 6.45) is -12.1. The predicted octanol–water partition coefficient (Wildman–Crippen LogP) is 4.29. The standard InChI is InChI=1S/C16H14F6N2O2/c1-2-23-13(25)24-12-10-6-4-3-5-9(10)7-8-11(12)14(26,15(17,18)19)16(20,21)22/h3-8,26H,2H2,1H3,(H2,23,24,25). The molecule has 4 nitrogen and oxygen atoms in total. The maximum atomic E-state index is 13.3. The van der Waals surface area contributed by atoms with Crippen LogP contribution in [0.15, 0.2) is 36.4 Å². The van der Waals surface area contributed by atoms with Gasteiger partial charge in [-0.05, 0) is 12.3 Å². The van der Waals surface area contributed by atoms with E-state index in [9.17, 15) is 36.2 Å². The number of carbonyl (C=O) groups excluding carboxylic acids is 1. The number of alkyl halides is 6. The molecule has 0 aliphatic rings. The molecule has 10 heteroatoms. The molecular weight excluding hydrogens is 366 g/mol. The highest BCUT2D eigenvalue weighted by atomic mass is 19.4. The Morgan fingerprint density at radius 3 is 2.12 bits per heavy atom. The third-order valence-corrected chi connectivity index (χ3v) is 3.72. The summed E-state index contributed by atoms with van der Waals surface area (Å²) in [5.41, 5.74) is -7.44. The number of amides is 2. The van der Waals surface area contributed by atoms with Crippen LogP contribution in [-0.2, 0) is 5.60 Å². The van der Waals surface area contributed by atoms with E-state index in [0.29, 0.717) is 6.07 Å². The number of hydrogen-bond donors (Lipinski definition) is 3. The van der Waals surface area contributed by atoms with Crippen molar-refractivity contribution >= 4 is 22.5 Å². The number of aliphatic hydroxyl groups is 1. The molecule has 2 rings (SSSR count). The van der Waals surface area contributed by atoms with Gasteiger partial charge in [-0.25, -0.2) is 4.79 Å². The van der Waals surface area contributed by atoms with Crippen LogP contribution in [0.3, 0.4) is 0 Å². The maximum Gasteiger partial charge on any atom is 0.430 e. The zero-order valence-corrected chi connectivity index (χ0v) is 13.3. The van der Waals surface area contributed by atoms with Gasteiger partial charge in [0, 0.05) is 17.5 Å². The Balaban J connectivity index is 2.82. The fourth-order valence-electron chi connectivity index (χ4n) is 2.49. The lowest BCUT2D eigenvalue weighted by Crippen LogP contribution is -2.54. The molecule has 0 aromatic heterocycles. The van der Waals surface area contributed by atoms with Crippen LogP contribution in [0, 0.1) is 0 Å². The van der Waals surface area contributed by atoms with Crippen LogP contribution in [0.25, 0.3) is 10.8 Å². The number of nitrogens with one attached hydrogen (secondary N) is 2. The number of hydrogen-bond acceptors (Lipinski definition) is 2. The van der Waals surface area contributed by atoms with Crippen molar-refractivity contribution in [2.75, 3.05) is 11.9 Å². The number of rotatable bonds is 3. The molecule has 142 valence electrons. The molecule has 0 heterocycles. The van der Waals surface area contributed by atoms with Gasteiger partial charge >= 0.3 is 18.4 Å². The molecule has 0 radical (unpaired) electrons. The van der Waals surface area contributed by atoms with Gasteiger partial charge in [-0.3, -0.25) is 0 Å². The second-order valence-corrected chi connectivity index (χ2v) is 5.40. The van der Waals surface area contributed by atoms with Gasteiger partial charge in [0.05, 0.1) is 5.69 Å². The van der Waals surface area contributed by atoms with Crippen molar-refractivity contribution in [3.63, 3.8) is 0 Å². The molecule has 0 aliphatic carbocycles. The molecule has 0 atom stereocenters. The van der Waals surface area contributed by atoms with E-state index in [0.717, 1.165) is 6.07 Å². The van der Waals surface area contributed by atoms with Crippen LogP contribution < -0.4 is 10.6 Å². The Hall–Kier alpha value is -2.49. The summed E-state index contributed by atoms with van der Waals surface area (Å²) in [5.74, 6) is 0. The summed E-state index contributed by atoms with van der Waals surface area (Å²) in [5, 5.41) is 14.1. The van der Waals surface area contributed by atoms with E-state index < -0.39 is 35.2 Å². The predicted molar refractivity (Wildman–Crippen MR) is 82.7 cm³/mol. The Morgan fingerprint density at radius 2 is 1.58 bits per heavy atom. The summed E-state index contributed by atoms with van der Waals surface area (Å²) >= 11 is 0. The number of benzene rings is 2. The average molecular weight is 380 g/mol. The van der Waals surface area contributed by atoms with E-state index in [1.54, 1.807) is 0 Å². The molecular formula is C16H14F6N2O2. The number of halogens is 6. The number of urea groups is 1. The third-order valence-electron chi connectivity index (χ3n) is 3.72. The zero-order chi connectivity index (χ0) is 19.8. The second kappa shape index (κ2) is 6.67. The van der Waals surface area contributed by atoms with Crippen molar-refractivity contribution in [1.82, 2.24) is 5.32 Å². The largest absolute Gasteiger partial charge is 0.430 e. The first-order chi connectivity index (χ1) is 11.9. The molecule has 3 N–H and O–H groups in total. The molecule has 26 heavy (non-hydrogen) atoms. The summed E-state index contributed by atoms with van der Waals surface area (Å²) in [4.78, 5) is 11.8. The van der Waals surface area contributed by atoms with Gasteiger partial charge < -0.3 is 15.7 Å². The van der Waals surface area contributed by atoms with Crippen LogP contribution in [0.4, 0.5) is 36.8 Å². The molecule has 0 bridgehead atoms. The lowest BCUT2D eigenvalue weighted by Gasteiger charge is -2.34. The monoisotopic (exact) mass is 380 g/mol. The maximum absolute atomic E-state index is 13.3. The number of fused-ring (bicyclic) bond motifs is 1. The highest BCUT2D eigenvalue weighted by Gasteiger charge is 2.72. The van der Waals surface area contributed by atoms with Crippen LogP contribution in [0.5, 0.6) is 0 Å². The Kier molecular flexibility index (Phi) is 5.09. The fourth-order valence-corrected chi connectivity index (χ4v) is 2.49. The van der Waals surface area contributed by atoms with E-state index >= 15 is 0 Å². The lowest BCUT2D eigenvalue weighted by atomic mass is 9.88. The van der Waals surface area contributed by atoms with E-state index in [4.69, 9.17) is 0 Å². The van der Waals surface area contributed by atoms with Crippen molar-refractivity contribution in [2.45, 2.75) is 24.9 Å². The molecule has 0 aliphatic heterocycles. The quantitative estimate of drug-likeness (QED) is 0.696. The smallest absolute Gasteiger partial charge is 0.369 e. The highest BCUT2D eigenvalue weighted by Crippen LogP contribution is 2.52. The molecule has 0 fully saturated rings. The van der Waals surface area contributed by atoms with E-state index in [1.807, 2.05) is 5.32 Å². The summed E-state index contributed by atoms with van der Waals surface area (Å²) in [7, 11) is 0. The molecule has 0 spiro atoms. The van der Waals surface area contributed by atoms with E-state index in [-0.39, 0.29) is 17.3 Å². The highest BCUT2D eigenvalue weighted by molar-refractivity contribution is 6.03. The van der Waals surface area contributed by atoms with E-state index in [2.05, 4.69) is 5.32 Å². The minimum atomic E-state index is -6.06.